The molecule has 3 aromatic carbocycles. The summed E-state index contributed by atoms with van der Waals surface area (Å²) in [4.78, 5) is 25.0. The van der Waals surface area contributed by atoms with Gasteiger partial charge in [0.15, 0.2) is 5.58 Å². The van der Waals surface area contributed by atoms with Gasteiger partial charge in [-0.05, 0) is 23.3 Å². The number of hydrogen-bond donors (Lipinski definition) is 1. The number of carbonyl (C=O) groups excluding carboxylic acids is 1. The molecule has 4 rings (SSSR count). The molecule has 0 aliphatic heterocycles. The van der Waals surface area contributed by atoms with Crippen LogP contribution in [0.25, 0.3) is 11.1 Å². The molecule has 0 radical (unpaired) electrons. The Kier molecular flexibility index (Phi) is 5.00. The molecule has 0 saturated carbocycles. The minimum Gasteiger partial charge on any atom is -0.408 e. The molecule has 6 heteroatoms. The van der Waals surface area contributed by atoms with Crippen LogP contribution in [0.2, 0.25) is 5.02 Å². The van der Waals surface area contributed by atoms with Crippen molar-refractivity contribution >= 4 is 28.6 Å². The first-order valence-electron chi connectivity index (χ1n) is 8.80. The fourth-order valence-corrected chi connectivity index (χ4v) is 3.35. The van der Waals surface area contributed by atoms with E-state index in [4.69, 9.17) is 16.0 Å². The summed E-state index contributed by atoms with van der Waals surface area (Å²) in [6.07, 6.45) is 0. The third-order valence-corrected chi connectivity index (χ3v) is 4.74. The molecule has 0 aliphatic carbocycles. The number of carbonyl (C=O) groups is 1. The van der Waals surface area contributed by atoms with Crippen molar-refractivity contribution in [1.29, 1.82) is 0 Å². The van der Waals surface area contributed by atoms with Crippen LogP contribution in [0.1, 0.15) is 17.2 Å². The zero-order valence-electron chi connectivity index (χ0n) is 14.8. The summed E-state index contributed by atoms with van der Waals surface area (Å²) < 4.78 is 6.50. The van der Waals surface area contributed by atoms with Crippen LogP contribution in [-0.4, -0.2) is 10.5 Å². The number of rotatable bonds is 5. The van der Waals surface area contributed by atoms with E-state index in [9.17, 15) is 9.59 Å². The SMILES string of the molecule is O=C(Cn1c(=O)oc2cc(Cl)ccc21)NC(c1ccccc1)c1ccccc1. The van der Waals surface area contributed by atoms with Crippen molar-refractivity contribution in [1.82, 2.24) is 9.88 Å². The molecule has 4 aromatic rings. The van der Waals surface area contributed by atoms with Crippen LogP contribution in [0.4, 0.5) is 0 Å². The molecule has 1 N–H and O–H groups in total. The largest absolute Gasteiger partial charge is 0.420 e. The number of amides is 1. The zero-order chi connectivity index (χ0) is 19.5. The second kappa shape index (κ2) is 7.74. The van der Waals surface area contributed by atoms with Gasteiger partial charge in [-0.15, -0.1) is 0 Å². The number of halogens is 1. The number of fused-ring (bicyclic) bond motifs is 1. The second-order valence-corrected chi connectivity index (χ2v) is 6.82. The summed E-state index contributed by atoms with van der Waals surface area (Å²) in [5, 5.41) is 3.49. The fourth-order valence-electron chi connectivity index (χ4n) is 3.19. The van der Waals surface area contributed by atoms with E-state index < -0.39 is 5.76 Å². The molecule has 1 amide bonds. The maximum absolute atomic E-state index is 12.8. The van der Waals surface area contributed by atoms with Crippen molar-refractivity contribution in [2.75, 3.05) is 0 Å². The fraction of sp³-hybridized carbons (Fsp3) is 0.0909. The minimum absolute atomic E-state index is 0.149. The molecule has 0 aliphatic rings. The van der Waals surface area contributed by atoms with E-state index in [1.807, 2.05) is 60.7 Å². The van der Waals surface area contributed by atoms with E-state index in [1.54, 1.807) is 18.2 Å². The monoisotopic (exact) mass is 392 g/mol. The quantitative estimate of drug-likeness (QED) is 0.554. The third-order valence-electron chi connectivity index (χ3n) is 4.50. The van der Waals surface area contributed by atoms with Gasteiger partial charge in [-0.2, -0.15) is 0 Å². The second-order valence-electron chi connectivity index (χ2n) is 6.39. The Morgan fingerprint density at radius 2 is 1.57 bits per heavy atom. The van der Waals surface area contributed by atoms with Crippen LogP contribution in [-0.2, 0) is 11.3 Å². The summed E-state index contributed by atoms with van der Waals surface area (Å²) in [6.45, 7) is -0.149. The van der Waals surface area contributed by atoms with E-state index in [0.717, 1.165) is 11.1 Å². The molecule has 1 heterocycles. The average molecular weight is 393 g/mol. The van der Waals surface area contributed by atoms with Crippen LogP contribution in [0.5, 0.6) is 0 Å². The highest BCUT2D eigenvalue weighted by molar-refractivity contribution is 6.31. The number of benzene rings is 3. The van der Waals surface area contributed by atoms with Gasteiger partial charge in [-0.25, -0.2) is 4.79 Å². The van der Waals surface area contributed by atoms with Crippen LogP contribution in [0.15, 0.2) is 88.1 Å². The van der Waals surface area contributed by atoms with E-state index in [2.05, 4.69) is 5.32 Å². The lowest BCUT2D eigenvalue weighted by molar-refractivity contribution is -0.122. The lowest BCUT2D eigenvalue weighted by Crippen LogP contribution is -2.34. The predicted octanol–water partition coefficient (Wildman–Crippen LogP) is 4.15. The summed E-state index contributed by atoms with van der Waals surface area (Å²) in [6, 6.07) is 23.9. The van der Waals surface area contributed by atoms with Crippen LogP contribution >= 0.6 is 11.6 Å². The molecular weight excluding hydrogens is 376 g/mol. The van der Waals surface area contributed by atoms with E-state index in [1.165, 1.54) is 4.57 Å². The highest BCUT2D eigenvalue weighted by Gasteiger charge is 2.19. The van der Waals surface area contributed by atoms with Crippen molar-refractivity contribution in [3.8, 4) is 0 Å². The normalized spacial score (nSPS) is 11.1. The van der Waals surface area contributed by atoms with Crippen molar-refractivity contribution < 1.29 is 9.21 Å². The average Bonchev–Trinajstić information content (AvgIpc) is 3.01. The van der Waals surface area contributed by atoms with Crippen LogP contribution in [0, 0.1) is 0 Å². The summed E-state index contributed by atoms with van der Waals surface area (Å²) in [7, 11) is 0. The Morgan fingerprint density at radius 3 is 2.18 bits per heavy atom. The highest BCUT2D eigenvalue weighted by atomic mass is 35.5. The Balaban J connectivity index is 1.62. The van der Waals surface area contributed by atoms with Gasteiger partial charge in [0.05, 0.1) is 11.6 Å². The van der Waals surface area contributed by atoms with Crippen molar-refractivity contribution in [3.05, 3.63) is 106 Å². The molecule has 0 spiro atoms. The van der Waals surface area contributed by atoms with Crippen LogP contribution in [0.3, 0.4) is 0 Å². The Labute approximate surface area is 166 Å². The van der Waals surface area contributed by atoms with E-state index in [0.29, 0.717) is 16.1 Å². The van der Waals surface area contributed by atoms with Gasteiger partial charge in [0.2, 0.25) is 5.91 Å². The molecule has 0 saturated heterocycles. The van der Waals surface area contributed by atoms with Crippen LogP contribution < -0.4 is 11.1 Å². The Morgan fingerprint density at radius 1 is 0.964 bits per heavy atom. The molecule has 28 heavy (non-hydrogen) atoms. The first kappa shape index (κ1) is 18.1. The lowest BCUT2D eigenvalue weighted by atomic mass is 9.99. The highest BCUT2D eigenvalue weighted by Crippen LogP contribution is 2.22. The smallest absolute Gasteiger partial charge is 0.408 e. The lowest BCUT2D eigenvalue weighted by Gasteiger charge is -2.20. The van der Waals surface area contributed by atoms with Crippen molar-refractivity contribution in [2.45, 2.75) is 12.6 Å². The summed E-state index contributed by atoms with van der Waals surface area (Å²) >= 11 is 5.94. The summed E-state index contributed by atoms with van der Waals surface area (Å²) in [5.41, 5.74) is 2.80. The molecule has 0 fully saturated rings. The molecule has 0 unspecified atom stereocenters. The minimum atomic E-state index is -0.594. The first-order chi connectivity index (χ1) is 13.6. The number of hydrogen-bond acceptors (Lipinski definition) is 3. The number of nitrogens with zero attached hydrogens (tertiary/aromatic N) is 1. The first-order valence-corrected chi connectivity index (χ1v) is 9.18. The zero-order valence-corrected chi connectivity index (χ0v) is 15.6. The summed E-state index contributed by atoms with van der Waals surface area (Å²) in [5.74, 6) is -0.888. The van der Waals surface area contributed by atoms with Gasteiger partial charge < -0.3 is 9.73 Å². The molecule has 140 valence electrons. The maximum atomic E-state index is 12.8. The standard InChI is InChI=1S/C22H17ClN2O3/c23-17-11-12-18-19(13-17)28-22(27)25(18)14-20(26)24-21(15-7-3-1-4-8-15)16-9-5-2-6-10-16/h1-13,21H,14H2,(H,24,26). The number of oxazole rings is 1. The number of aromatic nitrogens is 1. The van der Waals surface area contributed by atoms with Gasteiger partial charge in [0, 0.05) is 11.1 Å². The van der Waals surface area contributed by atoms with Gasteiger partial charge in [-0.1, -0.05) is 72.3 Å². The molecule has 0 bridgehead atoms. The molecule has 5 nitrogen and oxygen atoms in total. The van der Waals surface area contributed by atoms with Gasteiger partial charge in [0.1, 0.15) is 6.54 Å². The predicted molar refractivity (Wildman–Crippen MR) is 108 cm³/mol. The van der Waals surface area contributed by atoms with E-state index in [-0.39, 0.29) is 18.5 Å². The van der Waals surface area contributed by atoms with Gasteiger partial charge >= 0.3 is 5.76 Å². The van der Waals surface area contributed by atoms with Gasteiger partial charge in [0.25, 0.3) is 0 Å². The molecule has 0 atom stereocenters. The maximum Gasteiger partial charge on any atom is 0.420 e. The molecule has 1 aromatic heterocycles. The van der Waals surface area contributed by atoms with Crippen molar-refractivity contribution in [3.63, 3.8) is 0 Å². The van der Waals surface area contributed by atoms with Gasteiger partial charge in [-0.3, -0.25) is 9.36 Å². The Hall–Kier alpha value is -3.31. The van der Waals surface area contributed by atoms with Crippen molar-refractivity contribution in [2.24, 2.45) is 0 Å². The topological polar surface area (TPSA) is 64.2 Å². The third kappa shape index (κ3) is 3.70. The van der Waals surface area contributed by atoms with E-state index >= 15 is 0 Å². The molecular formula is C22H17ClN2O3. The number of nitrogens with one attached hydrogen (secondary N) is 1. The Bertz CT molecular complexity index is 1130.